The van der Waals surface area contributed by atoms with Crippen LogP contribution >= 0.6 is 0 Å². The number of nitrogens with one attached hydrogen (secondary N) is 1. The lowest BCUT2D eigenvalue weighted by Crippen LogP contribution is -2.38. The Morgan fingerprint density at radius 3 is 2.24 bits per heavy atom. The topological polar surface area (TPSA) is 75.7 Å². The van der Waals surface area contributed by atoms with Crippen molar-refractivity contribution in [2.75, 3.05) is 20.2 Å². The summed E-state index contributed by atoms with van der Waals surface area (Å²) >= 11 is 0. The van der Waals surface area contributed by atoms with Crippen molar-refractivity contribution in [1.29, 1.82) is 0 Å². The van der Waals surface area contributed by atoms with Crippen molar-refractivity contribution >= 4 is 15.9 Å². The number of piperidine rings is 1. The summed E-state index contributed by atoms with van der Waals surface area (Å²) in [6, 6.07) is 12.4. The van der Waals surface area contributed by atoms with Gasteiger partial charge in [-0.2, -0.15) is 4.31 Å². The number of methoxy groups -OCH3 is 1. The molecule has 1 N–H and O–H groups in total. The van der Waals surface area contributed by atoms with Crippen LogP contribution in [0.2, 0.25) is 0 Å². The van der Waals surface area contributed by atoms with Crippen molar-refractivity contribution < 1.29 is 17.9 Å². The zero-order valence-corrected chi connectivity index (χ0v) is 21.3. The maximum absolute atomic E-state index is 13.2. The van der Waals surface area contributed by atoms with E-state index >= 15 is 0 Å². The molecule has 2 aromatic carbocycles. The molecule has 0 aromatic heterocycles. The number of ether oxygens (including phenoxy) is 1. The SMILES string of the molecule is COc1ccc(S(=O)(=O)N2CCC(C)CC2)cc1C(=O)N[C@H](C)c1ccc(C(C)(C)C)cc1. The Morgan fingerprint density at radius 2 is 1.70 bits per heavy atom. The molecule has 0 aliphatic carbocycles. The minimum atomic E-state index is -3.67. The molecule has 6 nitrogen and oxygen atoms in total. The first-order chi connectivity index (χ1) is 15.4. The Kier molecular flexibility index (Phi) is 7.54. The number of hydrogen-bond acceptors (Lipinski definition) is 4. The van der Waals surface area contributed by atoms with Crippen LogP contribution in [0.4, 0.5) is 0 Å². The molecule has 1 aliphatic heterocycles. The minimum Gasteiger partial charge on any atom is -0.496 e. The Labute approximate surface area is 198 Å². The molecule has 7 heteroatoms. The largest absolute Gasteiger partial charge is 0.496 e. The van der Waals surface area contributed by atoms with E-state index in [1.165, 1.54) is 29.1 Å². The molecule has 0 bridgehead atoms. The fourth-order valence-corrected chi connectivity index (χ4v) is 5.53. The van der Waals surface area contributed by atoms with Gasteiger partial charge in [-0.25, -0.2) is 8.42 Å². The van der Waals surface area contributed by atoms with Gasteiger partial charge in [-0.1, -0.05) is 52.0 Å². The zero-order chi connectivity index (χ0) is 24.4. The van der Waals surface area contributed by atoms with Gasteiger partial charge in [0.1, 0.15) is 5.75 Å². The highest BCUT2D eigenvalue weighted by molar-refractivity contribution is 7.89. The number of nitrogens with zero attached hydrogens (tertiary/aromatic N) is 1. The molecule has 1 atom stereocenters. The summed E-state index contributed by atoms with van der Waals surface area (Å²) < 4.78 is 33.2. The van der Waals surface area contributed by atoms with E-state index in [2.05, 4.69) is 45.1 Å². The average Bonchev–Trinajstić information content (AvgIpc) is 2.78. The second kappa shape index (κ2) is 9.85. The van der Waals surface area contributed by atoms with E-state index in [1.807, 2.05) is 19.1 Å². The summed E-state index contributed by atoms with van der Waals surface area (Å²) in [7, 11) is -2.19. The number of hydrogen-bond donors (Lipinski definition) is 1. The van der Waals surface area contributed by atoms with Crippen molar-refractivity contribution in [3.05, 3.63) is 59.2 Å². The van der Waals surface area contributed by atoms with Gasteiger partial charge in [0.15, 0.2) is 0 Å². The average molecular weight is 473 g/mol. The lowest BCUT2D eigenvalue weighted by Gasteiger charge is -2.29. The molecule has 33 heavy (non-hydrogen) atoms. The maximum Gasteiger partial charge on any atom is 0.255 e. The summed E-state index contributed by atoms with van der Waals surface area (Å²) in [6.45, 7) is 11.5. The normalized spacial score (nSPS) is 16.9. The second-order valence-electron chi connectivity index (χ2n) is 10.0. The Bertz CT molecular complexity index is 1080. The van der Waals surface area contributed by atoms with Crippen LogP contribution in [-0.4, -0.2) is 38.8 Å². The lowest BCUT2D eigenvalue weighted by atomic mass is 9.86. The van der Waals surface area contributed by atoms with Crippen LogP contribution in [0.5, 0.6) is 5.75 Å². The minimum absolute atomic E-state index is 0.0523. The molecule has 3 rings (SSSR count). The molecule has 0 spiro atoms. The Balaban J connectivity index is 1.82. The van der Waals surface area contributed by atoms with Gasteiger partial charge in [-0.15, -0.1) is 0 Å². The van der Waals surface area contributed by atoms with Gasteiger partial charge in [0.05, 0.1) is 23.6 Å². The van der Waals surface area contributed by atoms with Crippen molar-refractivity contribution in [3.63, 3.8) is 0 Å². The number of carbonyl (C=O) groups is 1. The summed E-state index contributed by atoms with van der Waals surface area (Å²) in [6.07, 6.45) is 1.68. The fourth-order valence-electron chi connectivity index (χ4n) is 4.03. The van der Waals surface area contributed by atoms with Gasteiger partial charge in [0.25, 0.3) is 5.91 Å². The molecule has 0 radical (unpaired) electrons. The van der Waals surface area contributed by atoms with Crippen LogP contribution in [0.3, 0.4) is 0 Å². The number of carbonyl (C=O) groups excluding carboxylic acids is 1. The molecule has 1 aliphatic rings. The van der Waals surface area contributed by atoms with Gasteiger partial charge in [-0.05, 0) is 60.4 Å². The molecular weight excluding hydrogens is 436 g/mol. The van der Waals surface area contributed by atoms with Gasteiger partial charge < -0.3 is 10.1 Å². The molecule has 1 heterocycles. The first-order valence-electron chi connectivity index (χ1n) is 11.5. The number of amides is 1. The third-order valence-corrected chi connectivity index (χ3v) is 8.31. The van der Waals surface area contributed by atoms with E-state index in [0.29, 0.717) is 24.8 Å². The Morgan fingerprint density at radius 1 is 1.09 bits per heavy atom. The predicted octanol–water partition coefficient (Wildman–Crippen LogP) is 4.90. The van der Waals surface area contributed by atoms with Gasteiger partial charge in [0.2, 0.25) is 10.0 Å². The van der Waals surface area contributed by atoms with Crippen LogP contribution < -0.4 is 10.1 Å². The lowest BCUT2D eigenvalue weighted by molar-refractivity contribution is 0.0936. The summed E-state index contributed by atoms with van der Waals surface area (Å²) in [5.41, 5.74) is 2.46. The van der Waals surface area contributed by atoms with Crippen LogP contribution in [0.1, 0.15) is 75.0 Å². The molecule has 0 unspecified atom stereocenters. The van der Waals surface area contributed by atoms with Gasteiger partial charge in [0, 0.05) is 13.1 Å². The molecule has 0 saturated carbocycles. The molecule has 1 saturated heterocycles. The first kappa shape index (κ1) is 25.2. The third kappa shape index (κ3) is 5.76. The molecule has 180 valence electrons. The highest BCUT2D eigenvalue weighted by Gasteiger charge is 2.29. The van der Waals surface area contributed by atoms with Gasteiger partial charge >= 0.3 is 0 Å². The summed E-state index contributed by atoms with van der Waals surface area (Å²) in [5, 5.41) is 2.98. The van der Waals surface area contributed by atoms with Crippen molar-refractivity contribution in [1.82, 2.24) is 9.62 Å². The van der Waals surface area contributed by atoms with Crippen molar-refractivity contribution in [2.45, 2.75) is 63.8 Å². The van der Waals surface area contributed by atoms with E-state index < -0.39 is 10.0 Å². The molecule has 1 amide bonds. The quantitative estimate of drug-likeness (QED) is 0.649. The summed E-state index contributed by atoms with van der Waals surface area (Å²) in [5.74, 6) is 0.491. The van der Waals surface area contributed by atoms with E-state index in [0.717, 1.165) is 18.4 Å². The van der Waals surface area contributed by atoms with Crippen LogP contribution in [-0.2, 0) is 15.4 Å². The van der Waals surface area contributed by atoms with Gasteiger partial charge in [-0.3, -0.25) is 4.79 Å². The number of rotatable bonds is 6. The first-order valence-corrected chi connectivity index (χ1v) is 13.0. The van der Waals surface area contributed by atoms with Crippen molar-refractivity contribution in [3.8, 4) is 5.75 Å². The summed E-state index contributed by atoms with van der Waals surface area (Å²) in [4.78, 5) is 13.2. The van der Waals surface area contributed by atoms with Crippen LogP contribution in [0.25, 0.3) is 0 Å². The molecule has 1 fully saturated rings. The third-order valence-electron chi connectivity index (χ3n) is 6.42. The van der Waals surface area contributed by atoms with Crippen LogP contribution in [0.15, 0.2) is 47.4 Å². The highest BCUT2D eigenvalue weighted by atomic mass is 32.2. The standard InChI is InChI=1S/C26H36N2O4S/c1-18-13-15-28(16-14-18)33(30,31)22-11-12-24(32-6)23(17-22)25(29)27-19(2)20-7-9-21(10-8-20)26(3,4)5/h7-12,17-19H,13-16H2,1-6H3,(H,27,29)/t19-/m1/s1. The molecule has 2 aromatic rings. The Hall–Kier alpha value is -2.38. The maximum atomic E-state index is 13.2. The van der Waals surface area contributed by atoms with E-state index in [1.54, 1.807) is 6.07 Å². The smallest absolute Gasteiger partial charge is 0.255 e. The van der Waals surface area contributed by atoms with Crippen LogP contribution in [0, 0.1) is 5.92 Å². The second-order valence-corrected chi connectivity index (χ2v) is 12.0. The van der Waals surface area contributed by atoms with E-state index in [4.69, 9.17) is 4.74 Å². The zero-order valence-electron chi connectivity index (χ0n) is 20.5. The van der Waals surface area contributed by atoms with E-state index in [-0.39, 0.29) is 27.8 Å². The van der Waals surface area contributed by atoms with E-state index in [9.17, 15) is 13.2 Å². The predicted molar refractivity (Wildman–Crippen MR) is 131 cm³/mol. The fraction of sp³-hybridized carbons (Fsp3) is 0.500. The van der Waals surface area contributed by atoms with Crippen molar-refractivity contribution in [2.24, 2.45) is 5.92 Å². The highest BCUT2D eigenvalue weighted by Crippen LogP contribution is 2.28. The molecular formula is C26H36N2O4S. The number of benzene rings is 2. The number of sulfonamides is 1. The monoisotopic (exact) mass is 472 g/mol.